The number of methoxy groups -OCH3 is 1. The number of rotatable bonds is 4. The molecule has 1 saturated heterocycles. The van der Waals surface area contributed by atoms with Crippen molar-refractivity contribution >= 4 is 45.0 Å². The Balaban J connectivity index is 1.54. The van der Waals surface area contributed by atoms with Crippen molar-refractivity contribution < 1.29 is 19.1 Å². The molecular formula is C34H24BrNO4. The average Bonchev–Trinajstić information content (AvgIpc) is 3.43. The first kappa shape index (κ1) is 24.7. The standard InChI is InChI=1S/C34H24BrNO4/c1-40-24-15-11-20(12-16-24)29-30(31(37)21-7-3-2-4-8-21)36-27-17-14-23(35)19-22(27)13-18-28(36)34(29)32(38)25-9-5-6-10-26(25)33(34)39/h2-19,28-30H,1H3/t28-,29-,30+/m0/s1. The molecule has 0 bridgehead atoms. The van der Waals surface area contributed by atoms with E-state index in [1.807, 2.05) is 77.7 Å². The molecule has 3 aliphatic rings. The molecule has 6 heteroatoms. The molecule has 0 radical (unpaired) electrons. The van der Waals surface area contributed by atoms with Crippen molar-refractivity contribution in [3.63, 3.8) is 0 Å². The minimum atomic E-state index is -1.52. The lowest BCUT2D eigenvalue weighted by atomic mass is 9.64. The molecule has 0 amide bonds. The van der Waals surface area contributed by atoms with Crippen molar-refractivity contribution in [1.29, 1.82) is 0 Å². The highest BCUT2D eigenvalue weighted by atomic mass is 79.9. The Labute approximate surface area is 240 Å². The molecule has 1 aliphatic carbocycles. The fourth-order valence-electron chi connectivity index (χ4n) is 6.91. The van der Waals surface area contributed by atoms with Crippen LogP contribution in [-0.2, 0) is 0 Å². The number of benzene rings is 4. The van der Waals surface area contributed by atoms with Gasteiger partial charge in [0.15, 0.2) is 17.3 Å². The number of hydrogen-bond donors (Lipinski definition) is 0. The van der Waals surface area contributed by atoms with Gasteiger partial charge in [-0.3, -0.25) is 14.4 Å². The number of anilines is 1. The van der Waals surface area contributed by atoms with Crippen LogP contribution in [0, 0.1) is 5.41 Å². The van der Waals surface area contributed by atoms with Gasteiger partial charge in [0, 0.05) is 32.8 Å². The van der Waals surface area contributed by atoms with Gasteiger partial charge in [0.1, 0.15) is 17.2 Å². The van der Waals surface area contributed by atoms with Crippen LogP contribution in [0.1, 0.15) is 48.1 Å². The van der Waals surface area contributed by atoms with Gasteiger partial charge in [0.25, 0.3) is 0 Å². The van der Waals surface area contributed by atoms with E-state index in [9.17, 15) is 14.4 Å². The number of fused-ring (bicyclic) bond motifs is 5. The Hall–Kier alpha value is -4.29. The summed E-state index contributed by atoms with van der Waals surface area (Å²) >= 11 is 3.56. The second-order valence-electron chi connectivity index (χ2n) is 10.4. The number of nitrogens with zero attached hydrogens (tertiary/aromatic N) is 1. The highest BCUT2D eigenvalue weighted by Gasteiger charge is 2.71. The third-order valence-corrected chi connectivity index (χ3v) is 9.06. The van der Waals surface area contributed by atoms with Gasteiger partial charge in [-0.05, 0) is 41.5 Å². The van der Waals surface area contributed by atoms with E-state index in [4.69, 9.17) is 4.74 Å². The highest BCUT2D eigenvalue weighted by molar-refractivity contribution is 9.10. The van der Waals surface area contributed by atoms with E-state index in [-0.39, 0.29) is 17.3 Å². The van der Waals surface area contributed by atoms with Crippen molar-refractivity contribution in [3.05, 3.63) is 135 Å². The van der Waals surface area contributed by atoms with Crippen molar-refractivity contribution in [2.75, 3.05) is 12.0 Å². The third-order valence-electron chi connectivity index (χ3n) is 8.57. The first-order valence-electron chi connectivity index (χ1n) is 13.1. The number of hydrogen-bond acceptors (Lipinski definition) is 5. The zero-order valence-corrected chi connectivity index (χ0v) is 23.2. The van der Waals surface area contributed by atoms with E-state index in [2.05, 4.69) is 15.9 Å². The Kier molecular flexibility index (Phi) is 5.65. The number of ketones is 3. The molecular weight excluding hydrogens is 566 g/mol. The topological polar surface area (TPSA) is 63.7 Å². The van der Waals surface area contributed by atoms with E-state index < -0.39 is 23.4 Å². The first-order chi connectivity index (χ1) is 19.5. The number of carbonyl (C=O) groups excluding carboxylic acids is 3. The quantitative estimate of drug-likeness (QED) is 0.194. The maximum Gasteiger partial charge on any atom is 0.185 e. The number of carbonyl (C=O) groups is 3. The highest BCUT2D eigenvalue weighted by Crippen LogP contribution is 2.61. The Morgan fingerprint density at radius 3 is 2.15 bits per heavy atom. The molecule has 2 heterocycles. The second-order valence-corrected chi connectivity index (χ2v) is 11.3. The summed E-state index contributed by atoms with van der Waals surface area (Å²) < 4.78 is 6.31. The summed E-state index contributed by atoms with van der Waals surface area (Å²) in [5.74, 6) is -0.705. The minimum Gasteiger partial charge on any atom is -0.497 e. The summed E-state index contributed by atoms with van der Waals surface area (Å²) in [7, 11) is 1.59. The van der Waals surface area contributed by atoms with Crippen molar-refractivity contribution in [3.8, 4) is 5.75 Å². The van der Waals surface area contributed by atoms with E-state index in [1.165, 1.54) is 0 Å². The summed E-state index contributed by atoms with van der Waals surface area (Å²) in [6, 6.07) is 28.0. The van der Waals surface area contributed by atoms with Crippen LogP contribution in [-0.4, -0.2) is 36.5 Å². The van der Waals surface area contributed by atoms with Gasteiger partial charge in [0.2, 0.25) is 0 Å². The van der Waals surface area contributed by atoms with Gasteiger partial charge in [0.05, 0.1) is 13.2 Å². The normalized spacial score (nSPS) is 21.8. The fourth-order valence-corrected chi connectivity index (χ4v) is 7.28. The monoisotopic (exact) mass is 589 g/mol. The lowest BCUT2D eigenvalue weighted by molar-refractivity contribution is 0.0666. The molecule has 0 saturated carbocycles. The lowest BCUT2D eigenvalue weighted by Crippen LogP contribution is -2.48. The Morgan fingerprint density at radius 1 is 0.850 bits per heavy atom. The molecule has 40 heavy (non-hydrogen) atoms. The molecule has 2 aliphatic heterocycles. The predicted octanol–water partition coefficient (Wildman–Crippen LogP) is 6.77. The molecule has 5 nitrogen and oxygen atoms in total. The fraction of sp³-hybridized carbons (Fsp3) is 0.147. The van der Waals surface area contributed by atoms with E-state index >= 15 is 0 Å². The molecule has 0 aromatic heterocycles. The van der Waals surface area contributed by atoms with Gasteiger partial charge in [-0.15, -0.1) is 0 Å². The molecule has 0 unspecified atom stereocenters. The van der Waals surface area contributed by atoms with Crippen LogP contribution in [0.5, 0.6) is 5.75 Å². The SMILES string of the molecule is COc1ccc([C@H]2[C@H](C(=O)c3ccccc3)N3c4ccc(Br)cc4C=C[C@H]3C23C(=O)c2ccccc2C3=O)cc1. The molecule has 3 atom stereocenters. The average molecular weight is 590 g/mol. The molecule has 196 valence electrons. The predicted molar refractivity (Wildman–Crippen MR) is 157 cm³/mol. The zero-order valence-electron chi connectivity index (χ0n) is 21.6. The molecule has 4 aromatic rings. The maximum absolute atomic E-state index is 14.6. The number of halogens is 1. The summed E-state index contributed by atoms with van der Waals surface area (Å²) in [5, 5.41) is 0. The van der Waals surface area contributed by atoms with Gasteiger partial charge in [-0.1, -0.05) is 94.8 Å². The summed E-state index contributed by atoms with van der Waals surface area (Å²) in [6.07, 6.45) is 3.90. The molecule has 1 spiro atoms. The Bertz CT molecular complexity index is 1690. The van der Waals surface area contributed by atoms with E-state index in [1.54, 1.807) is 43.5 Å². The minimum absolute atomic E-state index is 0.135. The smallest absolute Gasteiger partial charge is 0.185 e. The molecule has 1 fully saturated rings. The molecule has 0 N–H and O–H groups in total. The first-order valence-corrected chi connectivity index (χ1v) is 13.9. The van der Waals surface area contributed by atoms with Crippen LogP contribution in [0.15, 0.2) is 108 Å². The zero-order chi connectivity index (χ0) is 27.6. The Morgan fingerprint density at radius 2 is 1.50 bits per heavy atom. The van der Waals surface area contributed by atoms with Gasteiger partial charge in [-0.25, -0.2) is 0 Å². The van der Waals surface area contributed by atoms with Gasteiger partial charge in [-0.2, -0.15) is 0 Å². The second kappa shape index (κ2) is 9.14. The molecule has 4 aromatic carbocycles. The summed E-state index contributed by atoms with van der Waals surface area (Å²) in [5.41, 5.74) is 2.31. The van der Waals surface area contributed by atoms with E-state index in [0.717, 1.165) is 21.3 Å². The maximum atomic E-state index is 14.6. The van der Waals surface area contributed by atoms with Crippen LogP contribution in [0.3, 0.4) is 0 Å². The number of Topliss-reactive ketones (excluding diaryl/α,β-unsaturated/α-hetero) is 3. The largest absolute Gasteiger partial charge is 0.497 e. The van der Waals surface area contributed by atoms with Crippen molar-refractivity contribution in [2.24, 2.45) is 5.41 Å². The number of ether oxygens (including phenoxy) is 1. The third kappa shape index (κ3) is 3.29. The molecule has 7 rings (SSSR count). The van der Waals surface area contributed by atoms with Crippen LogP contribution in [0.4, 0.5) is 5.69 Å². The van der Waals surface area contributed by atoms with Crippen LogP contribution < -0.4 is 9.64 Å². The lowest BCUT2D eigenvalue weighted by Gasteiger charge is -2.37. The van der Waals surface area contributed by atoms with Crippen LogP contribution in [0.2, 0.25) is 0 Å². The van der Waals surface area contributed by atoms with Crippen LogP contribution in [0.25, 0.3) is 6.08 Å². The van der Waals surface area contributed by atoms with Gasteiger partial charge >= 0.3 is 0 Å². The van der Waals surface area contributed by atoms with Crippen LogP contribution >= 0.6 is 15.9 Å². The van der Waals surface area contributed by atoms with E-state index in [0.29, 0.717) is 22.4 Å². The van der Waals surface area contributed by atoms with Crippen molar-refractivity contribution in [2.45, 2.75) is 18.0 Å². The summed E-state index contributed by atoms with van der Waals surface area (Å²) in [4.78, 5) is 45.9. The van der Waals surface area contributed by atoms with Crippen molar-refractivity contribution in [1.82, 2.24) is 0 Å². The van der Waals surface area contributed by atoms with Gasteiger partial charge < -0.3 is 9.64 Å². The summed E-state index contributed by atoms with van der Waals surface area (Å²) in [6.45, 7) is 0.